The van der Waals surface area contributed by atoms with E-state index < -0.39 is 11.6 Å². The van der Waals surface area contributed by atoms with Crippen LogP contribution in [-0.4, -0.2) is 14.8 Å². The molecule has 0 aliphatic carbocycles. The van der Waals surface area contributed by atoms with Crippen LogP contribution < -0.4 is 0 Å². The molecule has 1 aromatic heterocycles. The zero-order valence-electron chi connectivity index (χ0n) is 8.20. The minimum Gasteiger partial charge on any atom is -0.304 e. The Labute approximate surface area is 95.7 Å². The molecule has 0 saturated carbocycles. The van der Waals surface area contributed by atoms with E-state index in [-0.39, 0.29) is 5.28 Å². The first-order valence-electron chi connectivity index (χ1n) is 4.63. The average Bonchev–Trinajstić information content (AvgIpc) is 2.59. The fourth-order valence-electron chi connectivity index (χ4n) is 1.40. The average molecular weight is 244 g/mol. The molecule has 2 aromatic rings. The minimum absolute atomic E-state index is 0.261. The van der Waals surface area contributed by atoms with Crippen molar-refractivity contribution in [3.8, 4) is 0 Å². The van der Waals surface area contributed by atoms with Gasteiger partial charge in [0.25, 0.3) is 0 Å². The number of hydrogen-bond donors (Lipinski definition) is 0. The van der Waals surface area contributed by atoms with Crippen molar-refractivity contribution in [2.24, 2.45) is 0 Å². The highest BCUT2D eigenvalue weighted by Gasteiger charge is 2.03. The second-order valence-electron chi connectivity index (χ2n) is 3.32. The van der Waals surface area contributed by atoms with Gasteiger partial charge >= 0.3 is 0 Å². The van der Waals surface area contributed by atoms with E-state index in [1.807, 2.05) is 0 Å². The minimum atomic E-state index is -0.579. The van der Waals surface area contributed by atoms with Crippen LogP contribution in [0.25, 0.3) is 0 Å². The van der Waals surface area contributed by atoms with Crippen molar-refractivity contribution in [1.29, 1.82) is 0 Å². The summed E-state index contributed by atoms with van der Waals surface area (Å²) in [5, 5.41) is 7.46. The maximum Gasteiger partial charge on any atom is 0.224 e. The first-order valence-corrected chi connectivity index (χ1v) is 5.01. The molecule has 0 spiro atoms. The number of rotatable bonds is 3. The van der Waals surface area contributed by atoms with E-state index >= 15 is 0 Å². The van der Waals surface area contributed by atoms with E-state index in [9.17, 15) is 8.78 Å². The topological polar surface area (TPSA) is 30.7 Å². The van der Waals surface area contributed by atoms with Crippen molar-refractivity contribution in [2.75, 3.05) is 0 Å². The number of benzene rings is 1. The molecule has 0 fully saturated rings. The number of halogens is 3. The predicted molar refractivity (Wildman–Crippen MR) is 55.1 cm³/mol. The van der Waals surface area contributed by atoms with E-state index in [1.165, 1.54) is 18.5 Å². The zero-order chi connectivity index (χ0) is 11.5. The van der Waals surface area contributed by atoms with Crippen molar-refractivity contribution in [1.82, 2.24) is 14.8 Å². The summed E-state index contributed by atoms with van der Waals surface area (Å²) in [5.41, 5.74) is 0.572. The van der Waals surface area contributed by atoms with E-state index in [0.717, 1.165) is 6.07 Å². The fourth-order valence-corrected chi connectivity index (χ4v) is 1.57. The smallest absolute Gasteiger partial charge is 0.224 e. The van der Waals surface area contributed by atoms with Gasteiger partial charge in [-0.15, -0.1) is 10.2 Å². The molecular formula is C10H8ClF2N3. The van der Waals surface area contributed by atoms with Gasteiger partial charge in [0, 0.05) is 12.6 Å². The van der Waals surface area contributed by atoms with Crippen LogP contribution >= 0.6 is 11.6 Å². The summed E-state index contributed by atoms with van der Waals surface area (Å²) in [7, 11) is 0. The van der Waals surface area contributed by atoms with Crippen LogP contribution in [0.3, 0.4) is 0 Å². The van der Waals surface area contributed by atoms with Crippen LogP contribution in [0.4, 0.5) is 8.78 Å². The van der Waals surface area contributed by atoms with E-state index in [0.29, 0.717) is 18.5 Å². The molecule has 0 unspecified atom stereocenters. The monoisotopic (exact) mass is 243 g/mol. The Morgan fingerprint density at radius 3 is 2.44 bits per heavy atom. The molecule has 84 valence electrons. The number of nitrogens with zero attached hydrogens (tertiary/aromatic N) is 3. The molecule has 6 heteroatoms. The molecule has 0 saturated heterocycles. The van der Waals surface area contributed by atoms with Crippen LogP contribution in [0.5, 0.6) is 0 Å². The summed E-state index contributed by atoms with van der Waals surface area (Å²) in [6.45, 7) is 0.481. The van der Waals surface area contributed by atoms with E-state index in [4.69, 9.17) is 11.6 Å². The highest BCUT2D eigenvalue weighted by Crippen LogP contribution is 2.10. The second kappa shape index (κ2) is 4.57. The number of aromatic nitrogens is 3. The lowest BCUT2D eigenvalue weighted by Crippen LogP contribution is -2.01. The normalized spacial score (nSPS) is 10.7. The summed E-state index contributed by atoms with van der Waals surface area (Å²) >= 11 is 5.71. The highest BCUT2D eigenvalue weighted by atomic mass is 35.5. The van der Waals surface area contributed by atoms with Gasteiger partial charge in [0.1, 0.15) is 18.0 Å². The largest absolute Gasteiger partial charge is 0.304 e. The Morgan fingerprint density at radius 1 is 1.19 bits per heavy atom. The van der Waals surface area contributed by atoms with Crippen LogP contribution in [0.15, 0.2) is 24.5 Å². The van der Waals surface area contributed by atoms with Crippen molar-refractivity contribution in [2.45, 2.75) is 13.0 Å². The van der Waals surface area contributed by atoms with Crippen LogP contribution in [0.1, 0.15) is 5.56 Å². The Balaban J connectivity index is 2.07. The molecule has 3 nitrogen and oxygen atoms in total. The van der Waals surface area contributed by atoms with Crippen molar-refractivity contribution >= 4 is 11.6 Å². The highest BCUT2D eigenvalue weighted by molar-refractivity contribution is 6.28. The molecule has 0 aliphatic heterocycles. The van der Waals surface area contributed by atoms with Crippen LogP contribution in [0.2, 0.25) is 5.28 Å². The zero-order valence-corrected chi connectivity index (χ0v) is 8.96. The van der Waals surface area contributed by atoms with Crippen molar-refractivity contribution in [3.63, 3.8) is 0 Å². The quantitative estimate of drug-likeness (QED) is 0.829. The van der Waals surface area contributed by atoms with Gasteiger partial charge in [0.2, 0.25) is 5.28 Å². The van der Waals surface area contributed by atoms with Gasteiger partial charge in [-0.05, 0) is 35.7 Å². The predicted octanol–water partition coefficient (Wildman–Crippen LogP) is 2.45. The molecule has 16 heavy (non-hydrogen) atoms. The molecule has 0 radical (unpaired) electrons. The Hall–Kier alpha value is -1.49. The first kappa shape index (κ1) is 11.0. The van der Waals surface area contributed by atoms with Gasteiger partial charge in [-0.2, -0.15) is 0 Å². The Bertz CT molecular complexity index is 478. The second-order valence-corrected chi connectivity index (χ2v) is 3.66. The lowest BCUT2D eigenvalue weighted by Gasteiger charge is -2.03. The fraction of sp³-hybridized carbons (Fsp3) is 0.200. The SMILES string of the molecule is Fc1cc(F)cc(CCn2cnnc2Cl)c1. The molecule has 0 N–H and O–H groups in total. The van der Waals surface area contributed by atoms with Gasteiger partial charge in [-0.3, -0.25) is 0 Å². The Morgan fingerprint density at radius 2 is 1.88 bits per heavy atom. The van der Waals surface area contributed by atoms with Gasteiger partial charge in [0.15, 0.2) is 0 Å². The molecule has 1 aromatic carbocycles. The van der Waals surface area contributed by atoms with Gasteiger partial charge < -0.3 is 4.57 Å². The molecule has 1 heterocycles. The van der Waals surface area contributed by atoms with E-state index in [1.54, 1.807) is 4.57 Å². The van der Waals surface area contributed by atoms with Crippen molar-refractivity contribution < 1.29 is 8.78 Å². The lowest BCUT2D eigenvalue weighted by molar-refractivity contribution is 0.576. The van der Waals surface area contributed by atoms with E-state index in [2.05, 4.69) is 10.2 Å². The van der Waals surface area contributed by atoms with Crippen LogP contribution in [-0.2, 0) is 13.0 Å². The molecule has 0 atom stereocenters. The van der Waals surface area contributed by atoms with Gasteiger partial charge in [0.05, 0.1) is 0 Å². The molecular weight excluding hydrogens is 236 g/mol. The third-order valence-corrected chi connectivity index (χ3v) is 2.42. The van der Waals surface area contributed by atoms with Gasteiger partial charge in [-0.25, -0.2) is 8.78 Å². The van der Waals surface area contributed by atoms with Crippen molar-refractivity contribution in [3.05, 3.63) is 47.0 Å². The third-order valence-electron chi connectivity index (χ3n) is 2.13. The number of hydrogen-bond acceptors (Lipinski definition) is 2. The maximum absolute atomic E-state index is 12.9. The third kappa shape index (κ3) is 2.55. The molecule has 2 rings (SSSR count). The van der Waals surface area contributed by atoms with Gasteiger partial charge in [-0.1, -0.05) is 0 Å². The first-order chi connectivity index (χ1) is 7.65. The summed E-state index contributed by atoms with van der Waals surface area (Å²) < 4.78 is 27.4. The Kier molecular flexibility index (Phi) is 3.14. The lowest BCUT2D eigenvalue weighted by atomic mass is 10.1. The molecule has 0 amide bonds. The summed E-state index contributed by atoms with van der Waals surface area (Å²) in [4.78, 5) is 0. The summed E-state index contributed by atoms with van der Waals surface area (Å²) in [6.07, 6.45) is 1.93. The molecule has 0 aliphatic rings. The summed E-state index contributed by atoms with van der Waals surface area (Å²) in [6, 6.07) is 3.43. The standard InChI is InChI=1S/C10H8ClF2N3/c11-10-15-14-6-16(10)2-1-7-3-8(12)5-9(13)4-7/h3-6H,1-2H2. The molecule has 0 bridgehead atoms. The maximum atomic E-state index is 12.9. The van der Waals surface area contributed by atoms with Crippen LogP contribution in [0, 0.1) is 11.6 Å². The summed E-state index contributed by atoms with van der Waals surface area (Å²) in [5.74, 6) is -1.16. The number of aryl methyl sites for hydroxylation is 2.